The molecule has 0 radical (unpaired) electrons. The van der Waals surface area contributed by atoms with E-state index in [-0.39, 0.29) is 11.8 Å². The van der Waals surface area contributed by atoms with E-state index in [1.54, 1.807) is 44.6 Å². The molecule has 32 heavy (non-hydrogen) atoms. The van der Waals surface area contributed by atoms with Crippen LogP contribution in [-0.4, -0.2) is 31.3 Å². The van der Waals surface area contributed by atoms with Crippen molar-refractivity contribution in [3.05, 3.63) is 83.9 Å². The lowest BCUT2D eigenvalue weighted by Crippen LogP contribution is -2.27. The van der Waals surface area contributed by atoms with E-state index in [1.165, 1.54) is 11.8 Å². The van der Waals surface area contributed by atoms with Gasteiger partial charge < -0.3 is 20.1 Å². The molecule has 0 saturated heterocycles. The van der Waals surface area contributed by atoms with Crippen LogP contribution < -0.4 is 20.1 Å². The molecule has 6 nitrogen and oxygen atoms in total. The van der Waals surface area contributed by atoms with Gasteiger partial charge in [-0.05, 0) is 42.8 Å². The van der Waals surface area contributed by atoms with Gasteiger partial charge in [0.05, 0.1) is 30.7 Å². The van der Waals surface area contributed by atoms with Gasteiger partial charge in [-0.1, -0.05) is 42.5 Å². The van der Waals surface area contributed by atoms with Crippen molar-refractivity contribution >= 4 is 29.3 Å². The van der Waals surface area contributed by atoms with Crippen LogP contribution in [0, 0.1) is 0 Å². The summed E-state index contributed by atoms with van der Waals surface area (Å²) in [4.78, 5) is 26.4. The Labute approximate surface area is 192 Å². The van der Waals surface area contributed by atoms with Crippen LogP contribution in [0.15, 0.2) is 77.7 Å². The Balaban J connectivity index is 1.65. The second-order valence-electron chi connectivity index (χ2n) is 6.98. The highest BCUT2D eigenvalue weighted by Crippen LogP contribution is 2.33. The zero-order valence-corrected chi connectivity index (χ0v) is 19.1. The fourth-order valence-corrected chi connectivity index (χ4v) is 3.94. The van der Waals surface area contributed by atoms with Crippen molar-refractivity contribution in [2.24, 2.45) is 0 Å². The molecule has 2 amide bonds. The molecule has 3 aromatic rings. The first-order valence-corrected chi connectivity index (χ1v) is 11.0. The normalized spacial score (nSPS) is 11.3. The van der Waals surface area contributed by atoms with Gasteiger partial charge in [-0.3, -0.25) is 9.59 Å². The molecular weight excluding hydrogens is 424 g/mol. The lowest BCUT2D eigenvalue weighted by molar-refractivity contribution is -0.115. The highest BCUT2D eigenvalue weighted by atomic mass is 32.2. The number of rotatable bonds is 9. The number of carbonyl (C=O) groups is 2. The third-order valence-electron chi connectivity index (χ3n) is 4.76. The lowest BCUT2D eigenvalue weighted by Gasteiger charge is -2.16. The molecule has 0 aliphatic rings. The smallest absolute Gasteiger partial charge is 0.253 e. The first-order chi connectivity index (χ1) is 15.5. The molecular formula is C25H26N2O4S. The van der Waals surface area contributed by atoms with Gasteiger partial charge in [0.1, 0.15) is 0 Å². The average molecular weight is 451 g/mol. The Hall–Kier alpha value is -3.45. The molecule has 0 unspecified atom stereocenters. The molecule has 0 aromatic heterocycles. The van der Waals surface area contributed by atoms with E-state index in [1.807, 2.05) is 49.4 Å². The second-order valence-corrected chi connectivity index (χ2v) is 8.39. The van der Waals surface area contributed by atoms with Crippen LogP contribution >= 0.6 is 11.8 Å². The van der Waals surface area contributed by atoms with E-state index < -0.39 is 5.25 Å². The van der Waals surface area contributed by atoms with E-state index >= 15 is 0 Å². The van der Waals surface area contributed by atoms with Crippen LogP contribution in [-0.2, 0) is 11.3 Å². The molecule has 0 spiro atoms. The van der Waals surface area contributed by atoms with Gasteiger partial charge in [0.2, 0.25) is 5.91 Å². The summed E-state index contributed by atoms with van der Waals surface area (Å²) in [5, 5.41) is 5.39. The van der Waals surface area contributed by atoms with Gasteiger partial charge in [0.25, 0.3) is 5.91 Å². The number of benzene rings is 3. The zero-order valence-electron chi connectivity index (χ0n) is 18.3. The average Bonchev–Trinajstić information content (AvgIpc) is 2.83. The number of hydrogen-bond acceptors (Lipinski definition) is 5. The van der Waals surface area contributed by atoms with Gasteiger partial charge in [-0.15, -0.1) is 11.8 Å². The van der Waals surface area contributed by atoms with Crippen molar-refractivity contribution < 1.29 is 19.1 Å². The first kappa shape index (κ1) is 23.2. The van der Waals surface area contributed by atoms with E-state index in [0.29, 0.717) is 29.3 Å². The maximum atomic E-state index is 12.8. The van der Waals surface area contributed by atoms with E-state index in [2.05, 4.69) is 10.6 Å². The summed E-state index contributed by atoms with van der Waals surface area (Å²) in [6.45, 7) is 2.22. The Morgan fingerprint density at radius 3 is 2.31 bits per heavy atom. The Morgan fingerprint density at radius 2 is 1.59 bits per heavy atom. The summed E-state index contributed by atoms with van der Waals surface area (Å²) in [6.07, 6.45) is 0. The van der Waals surface area contributed by atoms with Crippen molar-refractivity contribution in [2.75, 3.05) is 19.5 Å². The van der Waals surface area contributed by atoms with Gasteiger partial charge in [-0.25, -0.2) is 0 Å². The van der Waals surface area contributed by atoms with Gasteiger partial charge in [-0.2, -0.15) is 0 Å². The number of ether oxygens (including phenoxy) is 2. The van der Waals surface area contributed by atoms with Crippen molar-refractivity contribution in [1.82, 2.24) is 5.32 Å². The predicted octanol–water partition coefficient (Wildman–Crippen LogP) is 4.75. The van der Waals surface area contributed by atoms with Crippen LogP contribution in [0.5, 0.6) is 11.5 Å². The first-order valence-electron chi connectivity index (χ1n) is 10.1. The fraction of sp³-hybridized carbons (Fsp3) is 0.200. The molecule has 3 aromatic carbocycles. The molecule has 0 heterocycles. The Bertz CT molecular complexity index is 1070. The molecule has 0 aliphatic carbocycles. The summed E-state index contributed by atoms with van der Waals surface area (Å²) in [5.74, 6) is 0.785. The molecule has 0 aliphatic heterocycles. The molecule has 3 rings (SSSR count). The summed E-state index contributed by atoms with van der Waals surface area (Å²) in [5.41, 5.74) is 1.89. The maximum Gasteiger partial charge on any atom is 0.253 e. The van der Waals surface area contributed by atoms with Crippen molar-refractivity contribution in [2.45, 2.75) is 23.6 Å². The number of para-hydroxylation sites is 1. The highest BCUT2D eigenvalue weighted by molar-refractivity contribution is 8.00. The molecule has 0 bridgehead atoms. The quantitative estimate of drug-likeness (QED) is 0.460. The summed E-state index contributed by atoms with van der Waals surface area (Å²) >= 11 is 1.39. The molecule has 166 valence electrons. The number of anilines is 1. The zero-order chi connectivity index (χ0) is 22.9. The van der Waals surface area contributed by atoms with Gasteiger partial charge in [0, 0.05) is 11.4 Å². The topological polar surface area (TPSA) is 76.7 Å². The van der Waals surface area contributed by atoms with Crippen molar-refractivity contribution in [3.63, 3.8) is 0 Å². The Morgan fingerprint density at radius 1 is 0.906 bits per heavy atom. The second kappa shape index (κ2) is 11.2. The maximum absolute atomic E-state index is 12.8. The third-order valence-corrected chi connectivity index (χ3v) is 5.86. The minimum absolute atomic E-state index is 0.201. The van der Waals surface area contributed by atoms with Crippen LogP contribution in [0.1, 0.15) is 22.8 Å². The standard InChI is InChI=1S/C25H26N2O4S/c1-17(32-19-13-14-22(30-2)23(15-19)31-3)24(28)27-21-12-8-7-11-20(21)25(29)26-16-18-9-5-4-6-10-18/h4-15,17H,16H2,1-3H3,(H,26,29)(H,27,28)/t17-/m1/s1. The molecule has 1 atom stereocenters. The summed E-state index contributed by atoms with van der Waals surface area (Å²) in [6, 6.07) is 22.2. The minimum atomic E-state index is -0.395. The molecule has 7 heteroatoms. The number of carbonyl (C=O) groups excluding carboxylic acids is 2. The van der Waals surface area contributed by atoms with Crippen molar-refractivity contribution in [1.29, 1.82) is 0 Å². The van der Waals surface area contributed by atoms with E-state index in [4.69, 9.17) is 9.47 Å². The minimum Gasteiger partial charge on any atom is -0.493 e. The summed E-state index contributed by atoms with van der Waals surface area (Å²) < 4.78 is 10.6. The third kappa shape index (κ3) is 6.04. The van der Waals surface area contributed by atoms with Gasteiger partial charge in [0.15, 0.2) is 11.5 Å². The Kier molecular flexibility index (Phi) is 8.16. The van der Waals surface area contributed by atoms with Crippen molar-refractivity contribution in [3.8, 4) is 11.5 Å². The number of amides is 2. The SMILES string of the molecule is COc1ccc(S[C@H](C)C(=O)Nc2ccccc2C(=O)NCc2ccccc2)cc1OC. The summed E-state index contributed by atoms with van der Waals surface area (Å²) in [7, 11) is 3.15. The van der Waals surface area contributed by atoms with Crippen LogP contribution in [0.4, 0.5) is 5.69 Å². The highest BCUT2D eigenvalue weighted by Gasteiger charge is 2.19. The largest absolute Gasteiger partial charge is 0.493 e. The van der Waals surface area contributed by atoms with Crippen LogP contribution in [0.3, 0.4) is 0 Å². The monoisotopic (exact) mass is 450 g/mol. The predicted molar refractivity (Wildman–Crippen MR) is 128 cm³/mol. The van der Waals surface area contributed by atoms with Crippen LogP contribution in [0.2, 0.25) is 0 Å². The van der Waals surface area contributed by atoms with Crippen LogP contribution in [0.25, 0.3) is 0 Å². The van der Waals surface area contributed by atoms with Gasteiger partial charge >= 0.3 is 0 Å². The molecule has 2 N–H and O–H groups in total. The molecule has 0 saturated carbocycles. The fourth-order valence-electron chi connectivity index (χ4n) is 3.05. The van der Waals surface area contributed by atoms with E-state index in [0.717, 1.165) is 10.5 Å². The number of methoxy groups -OCH3 is 2. The number of nitrogens with one attached hydrogen (secondary N) is 2. The number of hydrogen-bond donors (Lipinski definition) is 2. The van der Waals surface area contributed by atoms with E-state index in [9.17, 15) is 9.59 Å². The molecule has 0 fully saturated rings. The number of thioether (sulfide) groups is 1. The lowest BCUT2D eigenvalue weighted by atomic mass is 10.1.